The number of H-pyrrole nitrogens is 1. The quantitative estimate of drug-likeness (QED) is 0.771. The predicted octanol–water partition coefficient (Wildman–Crippen LogP) is 1.24. The number of hydrogen-bond acceptors (Lipinski definition) is 3. The molecule has 2 aromatic rings. The first kappa shape index (κ1) is 12.9. The van der Waals surface area contributed by atoms with Gasteiger partial charge < -0.3 is 20.5 Å². The zero-order valence-corrected chi connectivity index (χ0v) is 11.5. The molecule has 3 N–H and O–H groups in total. The van der Waals surface area contributed by atoms with Crippen molar-refractivity contribution in [3.8, 4) is 0 Å². The van der Waals surface area contributed by atoms with Crippen LogP contribution in [0.3, 0.4) is 0 Å². The van der Waals surface area contributed by atoms with E-state index in [2.05, 4.69) is 20.6 Å². The van der Waals surface area contributed by atoms with E-state index in [0.717, 1.165) is 29.9 Å². The lowest BCUT2D eigenvalue weighted by atomic mass is 10.2. The molecule has 1 atom stereocenters. The summed E-state index contributed by atoms with van der Waals surface area (Å²) in [5.41, 5.74) is 1.99. The van der Waals surface area contributed by atoms with E-state index in [1.807, 2.05) is 36.1 Å². The Balaban J connectivity index is 1.77. The van der Waals surface area contributed by atoms with Crippen LogP contribution in [0.25, 0.3) is 11.0 Å². The Kier molecular flexibility index (Phi) is 3.56. The van der Waals surface area contributed by atoms with Crippen LogP contribution in [0.1, 0.15) is 18.8 Å². The molecule has 0 radical (unpaired) electrons. The number of para-hydroxylation sites is 2. The van der Waals surface area contributed by atoms with Crippen LogP contribution < -0.4 is 10.6 Å². The van der Waals surface area contributed by atoms with Crippen molar-refractivity contribution in [1.82, 2.24) is 25.5 Å². The maximum absolute atomic E-state index is 11.9. The second-order valence-electron chi connectivity index (χ2n) is 4.93. The van der Waals surface area contributed by atoms with Crippen LogP contribution in [-0.2, 0) is 0 Å². The van der Waals surface area contributed by atoms with Crippen LogP contribution in [0, 0.1) is 0 Å². The van der Waals surface area contributed by atoms with E-state index in [0.29, 0.717) is 13.1 Å². The molecule has 3 rings (SSSR count). The summed E-state index contributed by atoms with van der Waals surface area (Å²) in [5.74, 6) is 0.889. The summed E-state index contributed by atoms with van der Waals surface area (Å²) < 4.78 is 0. The molecule has 0 spiro atoms. The lowest BCUT2D eigenvalue weighted by Crippen LogP contribution is -2.51. The van der Waals surface area contributed by atoms with Gasteiger partial charge in [0.25, 0.3) is 0 Å². The van der Waals surface area contributed by atoms with Crippen molar-refractivity contribution in [3.05, 3.63) is 30.1 Å². The average Bonchev–Trinajstić information content (AvgIpc) is 2.91. The number of carbonyl (C=O) groups is 1. The molecule has 106 valence electrons. The fraction of sp³-hybridized carbons (Fsp3) is 0.429. The fourth-order valence-electron chi connectivity index (χ4n) is 2.52. The van der Waals surface area contributed by atoms with Gasteiger partial charge in [0, 0.05) is 26.2 Å². The first-order chi connectivity index (χ1) is 9.78. The highest BCUT2D eigenvalue weighted by molar-refractivity contribution is 5.75. The van der Waals surface area contributed by atoms with Gasteiger partial charge >= 0.3 is 6.03 Å². The summed E-state index contributed by atoms with van der Waals surface area (Å²) in [5, 5.41) is 6.25. The molecule has 20 heavy (non-hydrogen) atoms. The standard InChI is InChI=1S/C14H19N5O/c1-2-15-14(20)19-8-7-16-12(9-19)13-17-10-5-3-4-6-11(10)18-13/h3-6,12,16H,2,7-9H2,1H3,(H,15,20)(H,17,18). The van der Waals surface area contributed by atoms with Crippen LogP contribution in [0.15, 0.2) is 24.3 Å². The predicted molar refractivity (Wildman–Crippen MR) is 77.5 cm³/mol. The number of urea groups is 1. The highest BCUT2D eigenvalue weighted by Crippen LogP contribution is 2.18. The van der Waals surface area contributed by atoms with Gasteiger partial charge in [-0.05, 0) is 19.1 Å². The Morgan fingerprint density at radius 1 is 1.50 bits per heavy atom. The number of hydrogen-bond donors (Lipinski definition) is 3. The Morgan fingerprint density at radius 2 is 2.35 bits per heavy atom. The van der Waals surface area contributed by atoms with Gasteiger partial charge in [-0.3, -0.25) is 0 Å². The average molecular weight is 273 g/mol. The first-order valence-electron chi connectivity index (χ1n) is 6.98. The summed E-state index contributed by atoms with van der Waals surface area (Å²) in [6.07, 6.45) is 0. The summed E-state index contributed by atoms with van der Waals surface area (Å²) in [6.45, 7) is 4.71. The van der Waals surface area contributed by atoms with Crippen molar-refractivity contribution in [1.29, 1.82) is 0 Å². The van der Waals surface area contributed by atoms with Crippen LogP contribution in [0.2, 0.25) is 0 Å². The maximum atomic E-state index is 11.9. The number of rotatable bonds is 2. The number of nitrogens with zero attached hydrogens (tertiary/aromatic N) is 2. The molecule has 0 aliphatic carbocycles. The van der Waals surface area contributed by atoms with Gasteiger partial charge in [0.05, 0.1) is 17.1 Å². The molecule has 2 amide bonds. The van der Waals surface area contributed by atoms with Crippen LogP contribution >= 0.6 is 0 Å². The molecular formula is C14H19N5O. The molecule has 1 fully saturated rings. The number of fused-ring (bicyclic) bond motifs is 1. The lowest BCUT2D eigenvalue weighted by molar-refractivity contribution is 0.176. The lowest BCUT2D eigenvalue weighted by Gasteiger charge is -2.32. The van der Waals surface area contributed by atoms with Gasteiger partial charge in [-0.1, -0.05) is 12.1 Å². The van der Waals surface area contributed by atoms with E-state index in [1.54, 1.807) is 0 Å². The second-order valence-corrected chi connectivity index (χ2v) is 4.93. The van der Waals surface area contributed by atoms with Crippen LogP contribution in [-0.4, -0.2) is 47.1 Å². The van der Waals surface area contributed by atoms with Gasteiger partial charge in [-0.25, -0.2) is 9.78 Å². The largest absolute Gasteiger partial charge is 0.341 e. The molecule has 6 nitrogen and oxygen atoms in total. The molecule has 1 aliphatic heterocycles. The van der Waals surface area contributed by atoms with E-state index < -0.39 is 0 Å². The highest BCUT2D eigenvalue weighted by Gasteiger charge is 2.25. The molecule has 1 unspecified atom stereocenters. The fourth-order valence-corrected chi connectivity index (χ4v) is 2.52. The molecule has 1 aliphatic rings. The summed E-state index contributed by atoms with van der Waals surface area (Å²) in [7, 11) is 0. The Morgan fingerprint density at radius 3 is 3.15 bits per heavy atom. The normalized spacial score (nSPS) is 19.2. The summed E-state index contributed by atoms with van der Waals surface area (Å²) >= 11 is 0. The Hall–Kier alpha value is -2.08. The van der Waals surface area contributed by atoms with Gasteiger partial charge in [-0.2, -0.15) is 0 Å². The van der Waals surface area contributed by atoms with E-state index in [1.165, 1.54) is 0 Å². The summed E-state index contributed by atoms with van der Waals surface area (Å²) in [6, 6.07) is 8.01. The minimum atomic E-state index is -0.00453. The number of aromatic amines is 1. The van der Waals surface area contributed by atoms with Crippen molar-refractivity contribution in [2.45, 2.75) is 13.0 Å². The van der Waals surface area contributed by atoms with E-state index in [4.69, 9.17) is 0 Å². The van der Waals surface area contributed by atoms with Crippen molar-refractivity contribution in [2.75, 3.05) is 26.2 Å². The van der Waals surface area contributed by atoms with E-state index >= 15 is 0 Å². The zero-order valence-electron chi connectivity index (χ0n) is 11.5. The topological polar surface area (TPSA) is 73.1 Å². The molecule has 0 saturated carbocycles. The van der Waals surface area contributed by atoms with Crippen molar-refractivity contribution in [2.24, 2.45) is 0 Å². The van der Waals surface area contributed by atoms with Crippen molar-refractivity contribution < 1.29 is 4.79 Å². The Labute approximate surface area is 117 Å². The second kappa shape index (κ2) is 5.50. The highest BCUT2D eigenvalue weighted by atomic mass is 16.2. The van der Waals surface area contributed by atoms with Crippen LogP contribution in [0.5, 0.6) is 0 Å². The Bertz CT molecular complexity index is 575. The monoisotopic (exact) mass is 273 g/mol. The van der Waals surface area contributed by atoms with Gasteiger partial charge in [0.15, 0.2) is 0 Å². The molecule has 6 heteroatoms. The first-order valence-corrected chi connectivity index (χ1v) is 6.98. The number of imidazole rings is 1. The number of benzene rings is 1. The third-order valence-electron chi connectivity index (χ3n) is 3.53. The van der Waals surface area contributed by atoms with E-state index in [-0.39, 0.29) is 12.1 Å². The molecule has 1 saturated heterocycles. The number of carbonyl (C=O) groups excluding carboxylic acids is 1. The zero-order chi connectivity index (χ0) is 13.9. The maximum Gasteiger partial charge on any atom is 0.317 e. The van der Waals surface area contributed by atoms with Gasteiger partial charge in [0.1, 0.15) is 5.82 Å². The number of piperazine rings is 1. The minimum Gasteiger partial charge on any atom is -0.341 e. The van der Waals surface area contributed by atoms with Crippen molar-refractivity contribution in [3.63, 3.8) is 0 Å². The third-order valence-corrected chi connectivity index (χ3v) is 3.53. The SMILES string of the molecule is CCNC(=O)N1CCNC(c2nc3ccccc3[nH]2)C1. The number of aromatic nitrogens is 2. The smallest absolute Gasteiger partial charge is 0.317 e. The molecular weight excluding hydrogens is 254 g/mol. The molecule has 2 heterocycles. The molecule has 1 aromatic carbocycles. The van der Waals surface area contributed by atoms with Gasteiger partial charge in [-0.15, -0.1) is 0 Å². The van der Waals surface area contributed by atoms with Crippen molar-refractivity contribution >= 4 is 17.1 Å². The third kappa shape index (κ3) is 2.46. The van der Waals surface area contributed by atoms with Crippen LogP contribution in [0.4, 0.5) is 4.79 Å². The van der Waals surface area contributed by atoms with E-state index in [9.17, 15) is 4.79 Å². The molecule has 0 bridgehead atoms. The molecule has 1 aromatic heterocycles. The summed E-state index contributed by atoms with van der Waals surface area (Å²) in [4.78, 5) is 21.7. The van der Waals surface area contributed by atoms with Gasteiger partial charge in [0.2, 0.25) is 0 Å². The number of nitrogens with one attached hydrogen (secondary N) is 3. The number of amides is 2. The minimum absolute atomic E-state index is 0.00453.